The van der Waals surface area contributed by atoms with Crippen LogP contribution in [0.1, 0.15) is 18.4 Å². The van der Waals surface area contributed by atoms with Gasteiger partial charge in [0.25, 0.3) is 0 Å². The molecule has 1 atom stereocenters. The third-order valence-electron chi connectivity index (χ3n) is 2.53. The second-order valence-corrected chi connectivity index (χ2v) is 4.27. The average molecular weight is 219 g/mol. The fraction of sp³-hybridized carbons (Fsp3) is 0.500. The fourth-order valence-corrected chi connectivity index (χ4v) is 1.81. The summed E-state index contributed by atoms with van der Waals surface area (Å²) in [7, 11) is 1.72. The minimum atomic E-state index is 0.464. The van der Waals surface area contributed by atoms with Crippen molar-refractivity contribution in [1.82, 2.24) is 15.0 Å². The maximum atomic E-state index is 5.11. The van der Waals surface area contributed by atoms with Crippen LogP contribution in [0, 0.1) is 12.8 Å². The van der Waals surface area contributed by atoms with Gasteiger partial charge in [0, 0.05) is 25.8 Å². The first kappa shape index (κ1) is 11.1. The van der Waals surface area contributed by atoms with Crippen molar-refractivity contribution >= 4 is 11.2 Å². The SMILES string of the molecule is COCC(C)Cc1nc2nc(C)ccc2[nH]1. The maximum absolute atomic E-state index is 5.11. The van der Waals surface area contributed by atoms with Crippen LogP contribution >= 0.6 is 0 Å². The van der Waals surface area contributed by atoms with Crippen molar-refractivity contribution in [3.05, 3.63) is 23.7 Å². The summed E-state index contributed by atoms with van der Waals surface area (Å²) in [5.74, 6) is 1.45. The van der Waals surface area contributed by atoms with E-state index >= 15 is 0 Å². The van der Waals surface area contributed by atoms with Gasteiger partial charge in [-0.1, -0.05) is 6.92 Å². The smallest absolute Gasteiger partial charge is 0.177 e. The van der Waals surface area contributed by atoms with E-state index in [0.717, 1.165) is 35.7 Å². The molecule has 0 bridgehead atoms. The van der Waals surface area contributed by atoms with Gasteiger partial charge in [0.05, 0.1) is 5.52 Å². The molecule has 2 heterocycles. The highest BCUT2D eigenvalue weighted by Crippen LogP contribution is 2.12. The Morgan fingerprint density at radius 1 is 1.38 bits per heavy atom. The van der Waals surface area contributed by atoms with Gasteiger partial charge in [-0.05, 0) is 25.0 Å². The number of aromatic nitrogens is 3. The largest absolute Gasteiger partial charge is 0.384 e. The molecule has 86 valence electrons. The predicted octanol–water partition coefficient (Wildman–Crippen LogP) is 2.09. The third kappa shape index (κ3) is 2.39. The van der Waals surface area contributed by atoms with Crippen molar-refractivity contribution in [3.63, 3.8) is 0 Å². The lowest BCUT2D eigenvalue weighted by Gasteiger charge is -2.06. The van der Waals surface area contributed by atoms with Crippen molar-refractivity contribution in [2.45, 2.75) is 20.3 Å². The number of imidazole rings is 1. The zero-order valence-corrected chi connectivity index (χ0v) is 9.95. The fourth-order valence-electron chi connectivity index (χ4n) is 1.81. The summed E-state index contributed by atoms with van der Waals surface area (Å²) >= 11 is 0. The van der Waals surface area contributed by atoms with Crippen LogP contribution in [0.5, 0.6) is 0 Å². The van der Waals surface area contributed by atoms with Crippen molar-refractivity contribution in [1.29, 1.82) is 0 Å². The molecule has 0 aliphatic rings. The molecule has 1 unspecified atom stereocenters. The number of ether oxygens (including phenoxy) is 1. The van der Waals surface area contributed by atoms with E-state index in [9.17, 15) is 0 Å². The number of hydrogen-bond acceptors (Lipinski definition) is 3. The second-order valence-electron chi connectivity index (χ2n) is 4.27. The Balaban J connectivity index is 2.19. The normalized spacial score (nSPS) is 13.2. The van der Waals surface area contributed by atoms with E-state index in [1.54, 1.807) is 7.11 Å². The minimum Gasteiger partial charge on any atom is -0.384 e. The minimum absolute atomic E-state index is 0.464. The van der Waals surface area contributed by atoms with E-state index in [0.29, 0.717) is 5.92 Å². The highest BCUT2D eigenvalue weighted by atomic mass is 16.5. The second kappa shape index (κ2) is 4.61. The quantitative estimate of drug-likeness (QED) is 0.856. The van der Waals surface area contributed by atoms with E-state index in [1.807, 2.05) is 19.1 Å². The lowest BCUT2D eigenvalue weighted by molar-refractivity contribution is 0.159. The van der Waals surface area contributed by atoms with Gasteiger partial charge in [-0.15, -0.1) is 0 Å². The lowest BCUT2D eigenvalue weighted by Crippen LogP contribution is -2.07. The number of fused-ring (bicyclic) bond motifs is 1. The van der Waals surface area contributed by atoms with Gasteiger partial charge in [-0.25, -0.2) is 9.97 Å². The first-order valence-electron chi connectivity index (χ1n) is 5.50. The molecule has 16 heavy (non-hydrogen) atoms. The molecule has 1 N–H and O–H groups in total. The summed E-state index contributed by atoms with van der Waals surface area (Å²) in [5.41, 5.74) is 2.81. The lowest BCUT2D eigenvalue weighted by atomic mass is 10.1. The van der Waals surface area contributed by atoms with Crippen molar-refractivity contribution in [2.75, 3.05) is 13.7 Å². The third-order valence-corrected chi connectivity index (χ3v) is 2.53. The first-order valence-corrected chi connectivity index (χ1v) is 5.50. The van der Waals surface area contributed by atoms with Gasteiger partial charge >= 0.3 is 0 Å². The molecule has 0 radical (unpaired) electrons. The molecular weight excluding hydrogens is 202 g/mol. The highest BCUT2D eigenvalue weighted by molar-refractivity contribution is 5.70. The van der Waals surface area contributed by atoms with Crippen LogP contribution in [-0.2, 0) is 11.2 Å². The summed E-state index contributed by atoms with van der Waals surface area (Å²) in [6.45, 7) is 4.88. The van der Waals surface area contributed by atoms with Crippen LogP contribution in [0.4, 0.5) is 0 Å². The van der Waals surface area contributed by atoms with Crippen LogP contribution in [-0.4, -0.2) is 28.7 Å². The summed E-state index contributed by atoms with van der Waals surface area (Å²) in [5, 5.41) is 0. The summed E-state index contributed by atoms with van der Waals surface area (Å²) < 4.78 is 5.11. The number of pyridine rings is 1. The van der Waals surface area contributed by atoms with E-state index in [-0.39, 0.29) is 0 Å². The number of aryl methyl sites for hydroxylation is 1. The maximum Gasteiger partial charge on any atom is 0.177 e. The number of rotatable bonds is 4. The van der Waals surface area contributed by atoms with Crippen LogP contribution in [0.25, 0.3) is 11.2 Å². The summed E-state index contributed by atoms with van der Waals surface area (Å²) in [6, 6.07) is 4.01. The molecule has 4 heteroatoms. The van der Waals surface area contributed by atoms with Crippen LogP contribution in [0.15, 0.2) is 12.1 Å². The number of methoxy groups -OCH3 is 1. The van der Waals surface area contributed by atoms with Gasteiger partial charge in [-0.3, -0.25) is 0 Å². The standard InChI is InChI=1S/C12H17N3O/c1-8(7-16-3)6-11-14-10-5-4-9(2)13-12(10)15-11/h4-5,8H,6-7H2,1-3H3,(H,13,14,15). The van der Waals surface area contributed by atoms with Crippen molar-refractivity contribution < 1.29 is 4.74 Å². The van der Waals surface area contributed by atoms with Crippen molar-refractivity contribution in [3.8, 4) is 0 Å². The highest BCUT2D eigenvalue weighted by Gasteiger charge is 2.08. The van der Waals surface area contributed by atoms with Gasteiger partial charge in [-0.2, -0.15) is 0 Å². The summed E-state index contributed by atoms with van der Waals surface area (Å²) in [4.78, 5) is 12.1. The Kier molecular flexibility index (Phi) is 3.19. The number of aromatic amines is 1. The first-order chi connectivity index (χ1) is 7.69. The number of nitrogens with zero attached hydrogens (tertiary/aromatic N) is 2. The van der Waals surface area contributed by atoms with Crippen LogP contribution in [0.2, 0.25) is 0 Å². The van der Waals surface area contributed by atoms with Crippen LogP contribution in [0.3, 0.4) is 0 Å². The molecule has 0 saturated carbocycles. The zero-order chi connectivity index (χ0) is 11.5. The molecule has 0 fully saturated rings. The summed E-state index contributed by atoms with van der Waals surface area (Å²) in [6.07, 6.45) is 0.892. The molecule has 2 aromatic heterocycles. The van der Waals surface area contributed by atoms with Crippen molar-refractivity contribution in [2.24, 2.45) is 5.92 Å². The number of H-pyrrole nitrogens is 1. The van der Waals surface area contributed by atoms with E-state index in [4.69, 9.17) is 4.74 Å². The predicted molar refractivity (Wildman–Crippen MR) is 63.4 cm³/mol. The molecule has 0 spiro atoms. The van der Waals surface area contributed by atoms with Gasteiger partial charge in [0.1, 0.15) is 5.82 Å². The topological polar surface area (TPSA) is 50.8 Å². The Morgan fingerprint density at radius 2 is 2.19 bits per heavy atom. The molecule has 0 aromatic carbocycles. The van der Waals surface area contributed by atoms with Gasteiger partial charge in [0.2, 0.25) is 0 Å². The Hall–Kier alpha value is -1.42. The molecule has 0 saturated heterocycles. The monoisotopic (exact) mass is 219 g/mol. The zero-order valence-electron chi connectivity index (χ0n) is 9.95. The Labute approximate surface area is 95.1 Å². The van der Waals surface area contributed by atoms with E-state index in [2.05, 4.69) is 21.9 Å². The van der Waals surface area contributed by atoms with E-state index in [1.165, 1.54) is 0 Å². The Morgan fingerprint density at radius 3 is 2.94 bits per heavy atom. The van der Waals surface area contributed by atoms with Crippen LogP contribution < -0.4 is 0 Å². The molecule has 2 rings (SSSR count). The number of hydrogen-bond donors (Lipinski definition) is 1. The molecule has 4 nitrogen and oxygen atoms in total. The molecular formula is C12H17N3O. The molecule has 0 aliphatic carbocycles. The average Bonchev–Trinajstić information content (AvgIpc) is 2.59. The molecule has 0 amide bonds. The van der Waals surface area contributed by atoms with Gasteiger partial charge in [0.15, 0.2) is 5.65 Å². The molecule has 0 aliphatic heterocycles. The Bertz CT molecular complexity index is 478. The number of nitrogens with one attached hydrogen (secondary N) is 1. The molecule has 2 aromatic rings. The van der Waals surface area contributed by atoms with Gasteiger partial charge < -0.3 is 9.72 Å². The van der Waals surface area contributed by atoms with E-state index < -0.39 is 0 Å².